The van der Waals surface area contributed by atoms with Crippen molar-refractivity contribution in [3.63, 3.8) is 0 Å². The van der Waals surface area contributed by atoms with E-state index in [4.69, 9.17) is 0 Å². The van der Waals surface area contributed by atoms with E-state index < -0.39 is 11.4 Å². The minimum absolute atomic E-state index is 0.337. The Morgan fingerprint density at radius 3 is 2.74 bits per heavy atom. The second kappa shape index (κ2) is 5.59. The van der Waals surface area contributed by atoms with Gasteiger partial charge in [0.2, 0.25) is 0 Å². The summed E-state index contributed by atoms with van der Waals surface area (Å²) in [6, 6.07) is 9.64. The van der Waals surface area contributed by atoms with Crippen molar-refractivity contribution in [1.82, 2.24) is 9.78 Å². The Labute approximate surface area is 116 Å². The maximum absolute atomic E-state index is 11.8. The molecule has 1 aromatic carbocycles. The Bertz CT molecular complexity index is 558. The van der Waals surface area contributed by atoms with Crippen molar-refractivity contribution in [3.8, 4) is 5.69 Å². The fraction of sp³-hybridized carbons (Fsp3) is 0.286. The van der Waals surface area contributed by atoms with Gasteiger partial charge in [0.25, 0.3) is 0 Å². The Morgan fingerprint density at radius 1 is 1.32 bits per heavy atom. The van der Waals surface area contributed by atoms with Gasteiger partial charge in [-0.25, -0.2) is 4.68 Å². The molecule has 0 bridgehead atoms. The first-order valence-corrected chi connectivity index (χ1v) is 7.14. The van der Waals surface area contributed by atoms with Gasteiger partial charge in [-0.3, -0.25) is 0 Å². The van der Waals surface area contributed by atoms with Crippen LogP contribution in [0.5, 0.6) is 0 Å². The van der Waals surface area contributed by atoms with Gasteiger partial charge in [0.15, 0.2) is 0 Å². The fourth-order valence-electron chi connectivity index (χ4n) is 1.44. The second-order valence-corrected chi connectivity index (χ2v) is 7.08. The first-order chi connectivity index (χ1) is 8.97. The van der Waals surface area contributed by atoms with Gasteiger partial charge in [0.05, 0.1) is 11.9 Å². The van der Waals surface area contributed by atoms with E-state index in [9.17, 15) is 4.55 Å². The first kappa shape index (κ1) is 13.8. The van der Waals surface area contributed by atoms with Gasteiger partial charge in [0, 0.05) is 12.4 Å². The minimum atomic E-state index is -1.23. The largest absolute Gasteiger partial charge is 0.591 e. The quantitative estimate of drug-likeness (QED) is 0.639. The van der Waals surface area contributed by atoms with Crippen molar-refractivity contribution in [1.29, 1.82) is 0 Å². The van der Waals surface area contributed by atoms with Crippen LogP contribution < -0.4 is 0 Å². The van der Waals surface area contributed by atoms with E-state index in [1.54, 1.807) is 17.1 Å². The average Bonchev–Trinajstić information content (AvgIpc) is 2.89. The summed E-state index contributed by atoms with van der Waals surface area (Å²) in [5.74, 6) is 0. The third kappa shape index (κ3) is 3.68. The molecule has 0 N–H and O–H groups in total. The molecule has 0 aliphatic heterocycles. The summed E-state index contributed by atoms with van der Waals surface area (Å²) in [5, 5.41) is 4.17. The molecule has 0 saturated heterocycles. The highest BCUT2D eigenvalue weighted by molar-refractivity contribution is 7.91. The van der Waals surface area contributed by atoms with E-state index in [0.29, 0.717) is 0 Å². The van der Waals surface area contributed by atoms with Crippen LogP contribution in [-0.2, 0) is 11.4 Å². The lowest BCUT2D eigenvalue weighted by molar-refractivity contribution is 0.562. The maximum atomic E-state index is 11.8. The normalized spacial score (nSPS) is 13.9. The monoisotopic (exact) mass is 275 g/mol. The van der Waals surface area contributed by atoms with Crippen molar-refractivity contribution >= 4 is 17.6 Å². The van der Waals surface area contributed by atoms with Gasteiger partial charge in [-0.15, -0.1) is 0 Å². The summed E-state index contributed by atoms with van der Waals surface area (Å²) in [5.41, 5.74) is 1.86. The molecule has 1 aromatic heterocycles. The van der Waals surface area contributed by atoms with Gasteiger partial charge in [0.1, 0.15) is 16.1 Å². The van der Waals surface area contributed by atoms with E-state index in [1.165, 1.54) is 0 Å². The van der Waals surface area contributed by atoms with Crippen molar-refractivity contribution in [2.75, 3.05) is 0 Å². The Hall–Kier alpha value is -1.59. The molecule has 1 heterocycles. The van der Waals surface area contributed by atoms with Crippen molar-refractivity contribution in [3.05, 3.63) is 48.3 Å². The number of hydrogen-bond donors (Lipinski definition) is 0. The van der Waals surface area contributed by atoms with E-state index in [2.05, 4.69) is 9.50 Å². The van der Waals surface area contributed by atoms with Gasteiger partial charge < -0.3 is 4.55 Å². The molecule has 19 heavy (non-hydrogen) atoms. The van der Waals surface area contributed by atoms with Crippen LogP contribution in [0.3, 0.4) is 0 Å². The number of benzene rings is 1. The van der Waals surface area contributed by atoms with Gasteiger partial charge in [-0.05, 0) is 44.5 Å². The zero-order valence-corrected chi connectivity index (χ0v) is 12.1. The number of rotatable bonds is 3. The second-order valence-electron chi connectivity index (χ2n) is 5.14. The molecule has 0 aliphatic carbocycles. The highest BCUT2D eigenvalue weighted by Crippen LogP contribution is 2.17. The Balaban J connectivity index is 2.18. The molecule has 100 valence electrons. The molecule has 2 rings (SSSR count). The predicted octanol–water partition coefficient (Wildman–Crippen LogP) is 2.75. The molecule has 0 amide bonds. The van der Waals surface area contributed by atoms with Crippen LogP contribution in [0.1, 0.15) is 26.3 Å². The SMILES string of the molecule is CC(C)(C)[S+]([O-])N=Cc1cccc(-n2cccn2)c1. The zero-order valence-electron chi connectivity index (χ0n) is 11.3. The standard InChI is InChI=1S/C14H17N3OS/c1-14(2,3)19(18)16-11-12-6-4-7-13(10-12)17-9-5-8-15-17/h4-11H,1-3H3. The molecule has 5 heteroatoms. The molecule has 0 saturated carbocycles. The minimum Gasteiger partial charge on any atom is -0.591 e. The molecule has 1 atom stereocenters. The molecule has 1 unspecified atom stereocenters. The number of nitrogens with zero attached hydrogens (tertiary/aromatic N) is 3. The summed E-state index contributed by atoms with van der Waals surface area (Å²) in [4.78, 5) is 0. The topological polar surface area (TPSA) is 53.2 Å². The summed E-state index contributed by atoms with van der Waals surface area (Å²) in [6.45, 7) is 5.71. The first-order valence-electron chi connectivity index (χ1n) is 6.03. The summed E-state index contributed by atoms with van der Waals surface area (Å²) < 4.78 is 17.4. The van der Waals surface area contributed by atoms with Crippen molar-refractivity contribution in [2.45, 2.75) is 25.5 Å². The van der Waals surface area contributed by atoms with E-state index in [-0.39, 0.29) is 4.75 Å². The molecular weight excluding hydrogens is 258 g/mol. The lowest BCUT2D eigenvalue weighted by atomic mass is 10.2. The van der Waals surface area contributed by atoms with Crippen LogP contribution in [0.15, 0.2) is 47.1 Å². The zero-order chi connectivity index (χ0) is 13.9. The Morgan fingerprint density at radius 2 is 2.11 bits per heavy atom. The number of hydrogen-bond acceptors (Lipinski definition) is 3. The molecule has 4 nitrogen and oxygen atoms in total. The third-order valence-electron chi connectivity index (χ3n) is 2.46. The summed E-state index contributed by atoms with van der Waals surface area (Å²) in [7, 11) is 0. The lowest BCUT2D eigenvalue weighted by Gasteiger charge is -2.17. The summed E-state index contributed by atoms with van der Waals surface area (Å²) >= 11 is -1.23. The van der Waals surface area contributed by atoms with Crippen LogP contribution in [0.25, 0.3) is 5.69 Å². The van der Waals surface area contributed by atoms with Crippen LogP contribution >= 0.6 is 0 Å². The van der Waals surface area contributed by atoms with Gasteiger partial charge in [-0.1, -0.05) is 16.5 Å². The van der Waals surface area contributed by atoms with Gasteiger partial charge >= 0.3 is 0 Å². The van der Waals surface area contributed by atoms with Crippen LogP contribution in [0, 0.1) is 0 Å². The molecule has 2 aromatic rings. The van der Waals surface area contributed by atoms with E-state index in [0.717, 1.165) is 11.3 Å². The van der Waals surface area contributed by atoms with E-state index in [1.807, 2.05) is 57.3 Å². The highest BCUT2D eigenvalue weighted by atomic mass is 32.2. The van der Waals surface area contributed by atoms with Crippen molar-refractivity contribution < 1.29 is 4.55 Å². The number of aromatic nitrogens is 2. The van der Waals surface area contributed by atoms with Crippen molar-refractivity contribution in [2.24, 2.45) is 4.40 Å². The Kier molecular flexibility index (Phi) is 4.07. The fourth-order valence-corrected chi connectivity index (χ4v) is 1.97. The molecule has 0 fully saturated rings. The average molecular weight is 275 g/mol. The predicted molar refractivity (Wildman–Crippen MR) is 79.1 cm³/mol. The molecule has 0 aliphatic rings. The van der Waals surface area contributed by atoms with Crippen LogP contribution in [0.2, 0.25) is 0 Å². The smallest absolute Gasteiger partial charge is 0.144 e. The van der Waals surface area contributed by atoms with Crippen LogP contribution in [0.4, 0.5) is 0 Å². The summed E-state index contributed by atoms with van der Waals surface area (Å²) in [6.07, 6.45) is 5.26. The van der Waals surface area contributed by atoms with E-state index >= 15 is 0 Å². The highest BCUT2D eigenvalue weighted by Gasteiger charge is 2.25. The van der Waals surface area contributed by atoms with Gasteiger partial charge in [-0.2, -0.15) is 5.10 Å². The molecular formula is C14H17N3OS. The lowest BCUT2D eigenvalue weighted by Crippen LogP contribution is -2.25. The maximum Gasteiger partial charge on any atom is 0.144 e. The van der Waals surface area contributed by atoms with Crippen LogP contribution in [-0.4, -0.2) is 25.3 Å². The molecule has 0 radical (unpaired) electrons. The molecule has 0 spiro atoms. The third-order valence-corrected chi connectivity index (χ3v) is 3.81.